The molecule has 1 aliphatic carbocycles. The lowest BCUT2D eigenvalue weighted by Crippen LogP contribution is -2.28. The van der Waals surface area contributed by atoms with Gasteiger partial charge in [0.25, 0.3) is 0 Å². The highest BCUT2D eigenvalue weighted by Gasteiger charge is 2.31. The van der Waals surface area contributed by atoms with Gasteiger partial charge in [-0.05, 0) is 57.7 Å². The largest absolute Gasteiger partial charge is 0.392 e. The Kier molecular flexibility index (Phi) is 5.40. The van der Waals surface area contributed by atoms with E-state index in [0.717, 1.165) is 18.4 Å². The van der Waals surface area contributed by atoms with Gasteiger partial charge in [0, 0.05) is 27.0 Å². The van der Waals surface area contributed by atoms with Crippen LogP contribution < -0.4 is 5.32 Å². The average molecular weight is 323 g/mol. The van der Waals surface area contributed by atoms with Crippen molar-refractivity contribution in [2.24, 2.45) is 5.92 Å². The second-order valence-corrected chi connectivity index (χ2v) is 9.10. The van der Waals surface area contributed by atoms with Crippen LogP contribution in [-0.4, -0.2) is 26.1 Å². The zero-order valence-corrected chi connectivity index (χ0v) is 14.3. The van der Waals surface area contributed by atoms with E-state index in [1.165, 1.54) is 0 Å². The number of anilines is 1. The van der Waals surface area contributed by atoms with Crippen molar-refractivity contribution in [2.75, 3.05) is 5.32 Å². The minimum absolute atomic E-state index is 0.126. The topological polar surface area (TPSA) is 66.4 Å². The fraction of sp³-hybridized carbons (Fsp3) is 0.588. The van der Waals surface area contributed by atoms with Gasteiger partial charge in [-0.1, -0.05) is 12.1 Å². The molecule has 3 atom stereocenters. The van der Waals surface area contributed by atoms with Crippen LogP contribution in [0.25, 0.3) is 0 Å². The summed E-state index contributed by atoms with van der Waals surface area (Å²) in [6.45, 7) is 5.86. The smallest absolute Gasteiger partial charge is 0.230 e. The Morgan fingerprint density at radius 1 is 1.36 bits per heavy atom. The van der Waals surface area contributed by atoms with Gasteiger partial charge < -0.3 is 10.4 Å². The van der Waals surface area contributed by atoms with Crippen LogP contribution in [0.4, 0.5) is 5.69 Å². The minimum atomic E-state index is -0.970. The van der Waals surface area contributed by atoms with Crippen molar-refractivity contribution in [1.29, 1.82) is 0 Å². The molecule has 1 aromatic carbocycles. The summed E-state index contributed by atoms with van der Waals surface area (Å²) in [7, 11) is -0.970. The second kappa shape index (κ2) is 6.92. The van der Waals surface area contributed by atoms with Crippen molar-refractivity contribution in [1.82, 2.24) is 0 Å². The predicted molar refractivity (Wildman–Crippen MR) is 90.0 cm³/mol. The summed E-state index contributed by atoms with van der Waals surface area (Å²) in [5.41, 5.74) is 1.64. The third-order valence-electron chi connectivity index (χ3n) is 3.99. The number of hydrogen-bond acceptors (Lipinski definition) is 3. The molecule has 3 unspecified atom stereocenters. The van der Waals surface area contributed by atoms with Gasteiger partial charge in [0.15, 0.2) is 0 Å². The van der Waals surface area contributed by atoms with Crippen molar-refractivity contribution >= 4 is 22.4 Å². The Labute approximate surface area is 134 Å². The first kappa shape index (κ1) is 17.2. The third-order valence-corrected chi connectivity index (χ3v) is 5.95. The van der Waals surface area contributed by atoms with Crippen molar-refractivity contribution in [3.63, 3.8) is 0 Å². The third kappa shape index (κ3) is 4.40. The molecule has 1 saturated carbocycles. The van der Waals surface area contributed by atoms with E-state index in [0.29, 0.717) is 17.9 Å². The molecule has 2 rings (SSSR count). The molecule has 0 saturated heterocycles. The fourth-order valence-electron chi connectivity index (χ4n) is 2.59. The Hall–Kier alpha value is -1.20. The Morgan fingerprint density at radius 2 is 2.09 bits per heavy atom. The molecule has 1 aromatic rings. The molecular weight excluding hydrogens is 298 g/mol. The van der Waals surface area contributed by atoms with E-state index >= 15 is 0 Å². The summed E-state index contributed by atoms with van der Waals surface area (Å²) in [6, 6.07) is 7.46. The zero-order chi connectivity index (χ0) is 16.3. The first-order valence-electron chi connectivity index (χ1n) is 7.74. The van der Waals surface area contributed by atoms with E-state index in [-0.39, 0.29) is 16.6 Å². The molecule has 2 N–H and O–H groups in total. The second-order valence-electron chi connectivity index (χ2n) is 6.90. The molecule has 22 heavy (non-hydrogen) atoms. The lowest BCUT2D eigenvalue weighted by atomic mass is 10.1. The molecule has 0 bridgehead atoms. The van der Waals surface area contributed by atoms with E-state index < -0.39 is 16.9 Å². The van der Waals surface area contributed by atoms with E-state index in [1.54, 1.807) is 0 Å². The van der Waals surface area contributed by atoms with E-state index in [2.05, 4.69) is 5.32 Å². The Bertz CT molecular complexity index is 565. The van der Waals surface area contributed by atoms with Crippen LogP contribution in [0.2, 0.25) is 0 Å². The van der Waals surface area contributed by atoms with E-state index in [9.17, 15) is 14.1 Å². The fourth-order valence-corrected chi connectivity index (χ4v) is 3.50. The summed E-state index contributed by atoms with van der Waals surface area (Å²) in [5, 5.41) is 12.7. The number of carbonyl (C=O) groups excluding carboxylic acids is 1. The highest BCUT2D eigenvalue weighted by Crippen LogP contribution is 2.27. The molecule has 0 heterocycles. The van der Waals surface area contributed by atoms with Crippen LogP contribution in [0.15, 0.2) is 24.3 Å². The summed E-state index contributed by atoms with van der Waals surface area (Å²) in [4.78, 5) is 12.2. The summed E-state index contributed by atoms with van der Waals surface area (Å²) in [5.74, 6) is 0.0330. The number of rotatable bonds is 4. The van der Waals surface area contributed by atoms with Crippen LogP contribution in [0.1, 0.15) is 45.6 Å². The molecule has 0 aliphatic heterocycles. The van der Waals surface area contributed by atoms with Crippen molar-refractivity contribution in [3.05, 3.63) is 29.8 Å². The number of hydrogen-bond donors (Lipinski definition) is 2. The quantitative estimate of drug-likeness (QED) is 0.895. The summed E-state index contributed by atoms with van der Waals surface area (Å²) >= 11 is 0. The molecule has 1 amide bonds. The van der Waals surface area contributed by atoms with Crippen molar-refractivity contribution in [2.45, 2.75) is 56.6 Å². The average Bonchev–Trinajstić information content (AvgIpc) is 2.84. The molecule has 122 valence electrons. The summed E-state index contributed by atoms with van der Waals surface area (Å²) in [6.07, 6.45) is 1.80. The maximum absolute atomic E-state index is 12.2. The zero-order valence-electron chi connectivity index (χ0n) is 13.5. The highest BCUT2D eigenvalue weighted by molar-refractivity contribution is 7.85. The standard InChI is InChI=1S/C17H25NO3S/c1-17(2,3)22(21)11-12-6-4-7-13(10-12)18-16(20)14-8-5-9-15(14)19/h4,6-7,10,14-15,19H,5,8-9,11H2,1-3H3,(H,18,20). The highest BCUT2D eigenvalue weighted by atomic mass is 32.2. The number of aliphatic hydroxyl groups is 1. The first-order valence-corrected chi connectivity index (χ1v) is 9.05. The first-order chi connectivity index (χ1) is 10.3. The maximum Gasteiger partial charge on any atom is 0.230 e. The van der Waals surface area contributed by atoms with Gasteiger partial charge in [0.2, 0.25) is 5.91 Å². The van der Waals surface area contributed by atoms with Gasteiger partial charge in [0.05, 0.1) is 12.0 Å². The molecule has 4 nitrogen and oxygen atoms in total. The van der Waals surface area contributed by atoms with E-state index in [1.807, 2.05) is 45.0 Å². The van der Waals surface area contributed by atoms with Crippen LogP contribution in [0.5, 0.6) is 0 Å². The molecule has 0 radical (unpaired) electrons. The van der Waals surface area contributed by atoms with Gasteiger partial charge in [0.1, 0.15) is 0 Å². The molecule has 5 heteroatoms. The monoisotopic (exact) mass is 323 g/mol. The van der Waals surface area contributed by atoms with Crippen LogP contribution in [-0.2, 0) is 21.3 Å². The minimum Gasteiger partial charge on any atom is -0.392 e. The SMILES string of the molecule is CC(C)(C)S(=O)Cc1cccc(NC(=O)C2CCCC2O)c1. The van der Waals surface area contributed by atoms with Gasteiger partial charge in [-0.25, -0.2) is 0 Å². The number of amides is 1. The van der Waals surface area contributed by atoms with Gasteiger partial charge in [-0.2, -0.15) is 0 Å². The lowest BCUT2D eigenvalue weighted by molar-refractivity contribution is -0.122. The van der Waals surface area contributed by atoms with Crippen LogP contribution in [0.3, 0.4) is 0 Å². The molecule has 0 spiro atoms. The van der Waals surface area contributed by atoms with Crippen LogP contribution in [0, 0.1) is 5.92 Å². The van der Waals surface area contributed by atoms with Gasteiger partial charge in [-0.15, -0.1) is 0 Å². The Morgan fingerprint density at radius 3 is 2.68 bits per heavy atom. The predicted octanol–water partition coefficient (Wildman–Crippen LogP) is 2.83. The Balaban J connectivity index is 2.02. The van der Waals surface area contributed by atoms with Gasteiger partial charge >= 0.3 is 0 Å². The van der Waals surface area contributed by atoms with Crippen molar-refractivity contribution < 1.29 is 14.1 Å². The van der Waals surface area contributed by atoms with Crippen molar-refractivity contribution in [3.8, 4) is 0 Å². The van der Waals surface area contributed by atoms with E-state index in [4.69, 9.17) is 0 Å². The number of carbonyl (C=O) groups is 1. The maximum atomic E-state index is 12.2. The van der Waals surface area contributed by atoms with Gasteiger partial charge in [-0.3, -0.25) is 9.00 Å². The van der Waals surface area contributed by atoms with Crippen LogP contribution >= 0.6 is 0 Å². The number of aliphatic hydroxyl groups excluding tert-OH is 1. The lowest BCUT2D eigenvalue weighted by Gasteiger charge is -2.18. The normalized spacial score (nSPS) is 23.3. The number of nitrogens with one attached hydrogen (secondary N) is 1. The molecular formula is C17H25NO3S. The molecule has 1 fully saturated rings. The molecule has 0 aromatic heterocycles. The summed E-state index contributed by atoms with van der Waals surface area (Å²) < 4.78 is 12.0. The number of benzene rings is 1. The molecule has 1 aliphatic rings.